The second kappa shape index (κ2) is 8.27. The lowest BCUT2D eigenvalue weighted by atomic mass is 10.0. The van der Waals surface area contributed by atoms with E-state index in [-0.39, 0.29) is 41.2 Å². The summed E-state index contributed by atoms with van der Waals surface area (Å²) in [6.45, 7) is 2.06. The van der Waals surface area contributed by atoms with Gasteiger partial charge in [0.2, 0.25) is 0 Å². The molecule has 3 aromatic rings. The van der Waals surface area contributed by atoms with Crippen molar-refractivity contribution >= 4 is 17.5 Å². The van der Waals surface area contributed by atoms with Gasteiger partial charge in [-0.3, -0.25) is 9.59 Å². The number of carbonyl (C=O) groups excluding carboxylic acids is 2. The Morgan fingerprint density at radius 2 is 1.88 bits per heavy atom. The Bertz CT molecular complexity index is 1230. The van der Waals surface area contributed by atoms with Gasteiger partial charge in [-0.15, -0.1) is 0 Å². The highest BCUT2D eigenvalue weighted by Crippen LogP contribution is 2.37. The van der Waals surface area contributed by atoms with Crippen molar-refractivity contribution in [2.24, 2.45) is 5.73 Å². The number of aryl methyl sites for hydroxylation is 1. The minimum atomic E-state index is -4.78. The van der Waals surface area contributed by atoms with E-state index in [9.17, 15) is 22.8 Å². The molecule has 2 N–H and O–H groups in total. The number of nitrogens with two attached hydrogens (primary N) is 1. The molecule has 10 heteroatoms. The lowest BCUT2D eigenvalue weighted by Crippen LogP contribution is -2.39. The average molecular weight is 458 g/mol. The number of rotatable bonds is 5. The first-order chi connectivity index (χ1) is 15.7. The van der Waals surface area contributed by atoms with Crippen LogP contribution in [0.3, 0.4) is 0 Å². The van der Waals surface area contributed by atoms with E-state index < -0.39 is 23.7 Å². The van der Waals surface area contributed by atoms with Gasteiger partial charge in [-0.25, -0.2) is 4.68 Å². The summed E-state index contributed by atoms with van der Waals surface area (Å²) >= 11 is 0. The summed E-state index contributed by atoms with van der Waals surface area (Å²) in [4.78, 5) is 26.9. The molecule has 2 aromatic carbocycles. The molecule has 0 bridgehead atoms. The van der Waals surface area contributed by atoms with Gasteiger partial charge < -0.3 is 15.4 Å². The maximum absolute atomic E-state index is 13.8. The summed E-state index contributed by atoms with van der Waals surface area (Å²) in [6, 6.07) is 11.4. The molecule has 0 spiro atoms. The Kier molecular flexibility index (Phi) is 5.61. The average Bonchev–Trinajstić information content (AvgIpc) is 3.20. The monoisotopic (exact) mass is 458 g/mol. The number of nitrogens with zero attached hydrogens (tertiary/aromatic N) is 3. The maximum atomic E-state index is 13.8. The Hall–Kier alpha value is -3.82. The van der Waals surface area contributed by atoms with Crippen LogP contribution in [0.25, 0.3) is 5.69 Å². The molecule has 2 heterocycles. The van der Waals surface area contributed by atoms with E-state index in [0.717, 1.165) is 16.7 Å². The zero-order chi connectivity index (χ0) is 23.9. The van der Waals surface area contributed by atoms with Gasteiger partial charge in [0.15, 0.2) is 5.69 Å². The molecule has 0 aliphatic carbocycles. The van der Waals surface area contributed by atoms with E-state index in [4.69, 9.17) is 10.5 Å². The number of carbonyl (C=O) groups is 2. The van der Waals surface area contributed by atoms with Gasteiger partial charge in [0.05, 0.1) is 18.4 Å². The predicted molar refractivity (Wildman–Crippen MR) is 115 cm³/mol. The Balaban J connectivity index is 1.90. The summed E-state index contributed by atoms with van der Waals surface area (Å²) in [6.07, 6.45) is -4.01. The number of hydrogen-bond donors (Lipinski definition) is 1. The van der Waals surface area contributed by atoms with Crippen molar-refractivity contribution in [1.29, 1.82) is 0 Å². The van der Waals surface area contributed by atoms with E-state index in [1.807, 2.05) is 19.1 Å². The van der Waals surface area contributed by atoms with Crippen molar-refractivity contribution in [2.45, 2.75) is 25.9 Å². The largest absolute Gasteiger partial charge is 0.497 e. The van der Waals surface area contributed by atoms with Crippen molar-refractivity contribution in [2.75, 3.05) is 18.6 Å². The standard InChI is InChI=1S/C23H21F3N4O3/c1-3-13-4-6-14(7-5-13)29-11-10-16-19(22(29)32)30(28-20(16)23(24,25)26)18-9-8-15(33-2)12-17(18)21(27)31/h4-9,12H,3,10-11H2,1-2H3,(H2,27,31). The first kappa shape index (κ1) is 22.4. The zero-order valence-electron chi connectivity index (χ0n) is 17.9. The number of aromatic nitrogens is 2. The van der Waals surface area contributed by atoms with Crippen LogP contribution in [-0.2, 0) is 19.0 Å². The molecule has 33 heavy (non-hydrogen) atoms. The molecule has 0 saturated carbocycles. The molecule has 172 valence electrons. The van der Waals surface area contributed by atoms with E-state index in [0.29, 0.717) is 5.69 Å². The number of benzene rings is 2. The van der Waals surface area contributed by atoms with Crippen LogP contribution < -0.4 is 15.4 Å². The number of primary amides is 1. The highest BCUT2D eigenvalue weighted by molar-refractivity contribution is 6.08. The number of ether oxygens (including phenoxy) is 1. The van der Waals surface area contributed by atoms with Gasteiger partial charge in [-0.1, -0.05) is 19.1 Å². The van der Waals surface area contributed by atoms with Crippen LogP contribution in [-0.4, -0.2) is 35.2 Å². The minimum absolute atomic E-state index is 0.0356. The zero-order valence-corrected chi connectivity index (χ0v) is 17.9. The molecular formula is C23H21F3N4O3. The van der Waals surface area contributed by atoms with Crippen molar-refractivity contribution < 1.29 is 27.5 Å². The van der Waals surface area contributed by atoms with Crippen molar-refractivity contribution in [3.05, 3.63) is 70.5 Å². The summed E-state index contributed by atoms with van der Waals surface area (Å²) in [5.41, 5.74) is 5.34. The van der Waals surface area contributed by atoms with E-state index in [1.54, 1.807) is 12.1 Å². The number of methoxy groups -OCH3 is 1. The van der Waals surface area contributed by atoms with Crippen molar-refractivity contribution in [1.82, 2.24) is 9.78 Å². The third-order valence-electron chi connectivity index (χ3n) is 5.64. The van der Waals surface area contributed by atoms with Gasteiger partial charge in [0.1, 0.15) is 11.4 Å². The second-order valence-electron chi connectivity index (χ2n) is 7.56. The van der Waals surface area contributed by atoms with Crippen LogP contribution in [0.1, 0.15) is 44.6 Å². The smallest absolute Gasteiger partial charge is 0.435 e. The van der Waals surface area contributed by atoms with Gasteiger partial charge in [0.25, 0.3) is 11.8 Å². The van der Waals surface area contributed by atoms with E-state index >= 15 is 0 Å². The highest BCUT2D eigenvalue weighted by Gasteiger charge is 2.43. The second-order valence-corrected chi connectivity index (χ2v) is 7.56. The molecule has 1 aliphatic rings. The summed E-state index contributed by atoms with van der Waals surface area (Å²) in [5, 5.41) is 3.73. The van der Waals surface area contributed by atoms with Crippen LogP contribution in [0.4, 0.5) is 18.9 Å². The van der Waals surface area contributed by atoms with Crippen LogP contribution in [0.5, 0.6) is 5.75 Å². The summed E-state index contributed by atoms with van der Waals surface area (Å²) in [5.74, 6) is -1.25. The molecule has 4 rings (SSSR count). The maximum Gasteiger partial charge on any atom is 0.435 e. The molecule has 0 fully saturated rings. The fourth-order valence-corrected chi connectivity index (χ4v) is 3.94. The number of hydrogen-bond acceptors (Lipinski definition) is 4. The van der Waals surface area contributed by atoms with E-state index in [1.165, 1.54) is 30.2 Å². The number of amides is 2. The fraction of sp³-hybridized carbons (Fsp3) is 0.261. The topological polar surface area (TPSA) is 90.4 Å². The van der Waals surface area contributed by atoms with Crippen molar-refractivity contribution in [3.63, 3.8) is 0 Å². The molecule has 0 atom stereocenters. The van der Waals surface area contributed by atoms with Crippen LogP contribution >= 0.6 is 0 Å². The molecule has 2 amide bonds. The van der Waals surface area contributed by atoms with Crippen LogP contribution in [0.15, 0.2) is 42.5 Å². The number of halogens is 3. The van der Waals surface area contributed by atoms with Gasteiger partial charge >= 0.3 is 6.18 Å². The van der Waals surface area contributed by atoms with Gasteiger partial charge in [-0.05, 0) is 48.7 Å². The van der Waals surface area contributed by atoms with Gasteiger partial charge in [-0.2, -0.15) is 18.3 Å². The third kappa shape index (κ3) is 3.92. The number of fused-ring (bicyclic) bond motifs is 1. The van der Waals surface area contributed by atoms with Crippen LogP contribution in [0.2, 0.25) is 0 Å². The van der Waals surface area contributed by atoms with Crippen LogP contribution in [0, 0.1) is 0 Å². The predicted octanol–water partition coefficient (Wildman–Crippen LogP) is 3.76. The van der Waals surface area contributed by atoms with Gasteiger partial charge in [0, 0.05) is 17.8 Å². The Morgan fingerprint density at radius 1 is 1.18 bits per heavy atom. The molecule has 0 saturated heterocycles. The minimum Gasteiger partial charge on any atom is -0.497 e. The highest BCUT2D eigenvalue weighted by atomic mass is 19.4. The molecular weight excluding hydrogens is 437 g/mol. The fourth-order valence-electron chi connectivity index (χ4n) is 3.94. The molecule has 7 nitrogen and oxygen atoms in total. The Labute approximate surface area is 187 Å². The molecule has 0 radical (unpaired) electrons. The van der Waals surface area contributed by atoms with Crippen molar-refractivity contribution in [3.8, 4) is 11.4 Å². The lowest BCUT2D eigenvalue weighted by molar-refractivity contribution is -0.141. The number of alkyl halides is 3. The normalized spacial score (nSPS) is 13.7. The first-order valence-electron chi connectivity index (χ1n) is 10.2. The number of anilines is 1. The lowest BCUT2D eigenvalue weighted by Gasteiger charge is -2.28. The molecule has 1 aliphatic heterocycles. The Morgan fingerprint density at radius 3 is 2.45 bits per heavy atom. The third-order valence-corrected chi connectivity index (χ3v) is 5.64. The summed E-state index contributed by atoms with van der Waals surface area (Å²) < 4.78 is 47.4. The molecule has 1 aromatic heterocycles. The quantitative estimate of drug-likeness (QED) is 0.630. The summed E-state index contributed by atoms with van der Waals surface area (Å²) in [7, 11) is 1.38. The SMILES string of the molecule is CCc1ccc(N2CCc3c(C(F)(F)F)nn(-c4ccc(OC)cc4C(N)=O)c3C2=O)cc1. The first-order valence-corrected chi connectivity index (χ1v) is 10.2. The molecule has 0 unspecified atom stereocenters. The van der Waals surface area contributed by atoms with E-state index in [2.05, 4.69) is 5.10 Å².